The van der Waals surface area contributed by atoms with Gasteiger partial charge < -0.3 is 15.2 Å². The molecule has 10 heteroatoms. The molecular formula is C18H17FN2O6S. The molecule has 1 aromatic carbocycles. The van der Waals surface area contributed by atoms with Gasteiger partial charge in [0.25, 0.3) is 5.91 Å². The molecule has 1 fully saturated rings. The smallest absolute Gasteiger partial charge is 0.352 e. The van der Waals surface area contributed by atoms with E-state index < -0.39 is 41.0 Å². The predicted octanol–water partition coefficient (Wildman–Crippen LogP) is 0.670. The van der Waals surface area contributed by atoms with Gasteiger partial charge in [-0.3, -0.25) is 19.3 Å². The van der Waals surface area contributed by atoms with Gasteiger partial charge in [-0.15, -0.1) is 11.8 Å². The molecule has 0 spiro atoms. The number of aliphatic carboxylic acids is 1. The van der Waals surface area contributed by atoms with Gasteiger partial charge in [0, 0.05) is 18.2 Å². The highest BCUT2D eigenvalue weighted by molar-refractivity contribution is 8.00. The molecular weight excluding hydrogens is 391 g/mol. The van der Waals surface area contributed by atoms with Crippen molar-refractivity contribution in [2.24, 2.45) is 0 Å². The molecule has 0 aromatic heterocycles. The first kappa shape index (κ1) is 19.9. The monoisotopic (exact) mass is 408 g/mol. The molecule has 2 amide bonds. The lowest BCUT2D eigenvalue weighted by Crippen LogP contribution is -2.70. The van der Waals surface area contributed by atoms with Crippen LogP contribution in [0.1, 0.15) is 12.5 Å². The van der Waals surface area contributed by atoms with Gasteiger partial charge in [-0.25, -0.2) is 9.18 Å². The molecule has 0 radical (unpaired) electrons. The number of halogens is 1. The van der Waals surface area contributed by atoms with E-state index in [-0.39, 0.29) is 24.5 Å². The van der Waals surface area contributed by atoms with Crippen LogP contribution in [0, 0.1) is 5.82 Å². The van der Waals surface area contributed by atoms with Crippen LogP contribution in [-0.4, -0.2) is 57.5 Å². The number of fused-ring (bicyclic) bond motifs is 1. The molecule has 2 heterocycles. The second kappa shape index (κ2) is 8.01. The summed E-state index contributed by atoms with van der Waals surface area (Å²) in [6.45, 7) is 1.00. The SMILES string of the molecule is CC(=O)OCC1=C(C(=O)O)N2C(=O)[C@@H](NC(=O)Cc3ccc(F)cc3)[C@H]2SC1. The lowest BCUT2D eigenvalue weighted by Gasteiger charge is -2.49. The average Bonchev–Trinajstić information content (AvgIpc) is 2.65. The zero-order valence-electron chi connectivity index (χ0n) is 14.8. The van der Waals surface area contributed by atoms with Gasteiger partial charge in [0.15, 0.2) is 0 Å². The van der Waals surface area contributed by atoms with Crippen LogP contribution in [0.25, 0.3) is 0 Å². The van der Waals surface area contributed by atoms with Gasteiger partial charge in [-0.1, -0.05) is 12.1 Å². The summed E-state index contributed by atoms with van der Waals surface area (Å²) in [5.74, 6) is -2.96. The van der Waals surface area contributed by atoms with Crippen molar-refractivity contribution in [3.8, 4) is 0 Å². The molecule has 148 valence electrons. The van der Waals surface area contributed by atoms with Crippen molar-refractivity contribution in [3.63, 3.8) is 0 Å². The van der Waals surface area contributed by atoms with E-state index in [0.717, 1.165) is 4.90 Å². The maximum Gasteiger partial charge on any atom is 0.352 e. The van der Waals surface area contributed by atoms with Crippen LogP contribution < -0.4 is 5.32 Å². The summed E-state index contributed by atoms with van der Waals surface area (Å²) in [7, 11) is 0. The number of hydrogen-bond donors (Lipinski definition) is 2. The largest absolute Gasteiger partial charge is 0.477 e. The quantitative estimate of drug-likeness (QED) is 0.525. The second-order valence-electron chi connectivity index (χ2n) is 6.30. The van der Waals surface area contributed by atoms with Gasteiger partial charge in [0.1, 0.15) is 29.5 Å². The molecule has 28 heavy (non-hydrogen) atoms. The normalized spacial score (nSPS) is 20.9. The van der Waals surface area contributed by atoms with E-state index >= 15 is 0 Å². The zero-order chi connectivity index (χ0) is 20.4. The van der Waals surface area contributed by atoms with Crippen LogP contribution in [0.2, 0.25) is 0 Å². The number of benzene rings is 1. The Hall–Kier alpha value is -2.88. The molecule has 1 saturated heterocycles. The highest BCUT2D eigenvalue weighted by Crippen LogP contribution is 2.40. The number of esters is 1. The highest BCUT2D eigenvalue weighted by atomic mass is 32.2. The van der Waals surface area contributed by atoms with E-state index in [2.05, 4.69) is 5.32 Å². The molecule has 3 rings (SSSR count). The van der Waals surface area contributed by atoms with Gasteiger partial charge >= 0.3 is 11.9 Å². The topological polar surface area (TPSA) is 113 Å². The van der Waals surface area contributed by atoms with E-state index in [9.17, 15) is 28.7 Å². The number of thioether (sulfide) groups is 1. The van der Waals surface area contributed by atoms with Gasteiger partial charge in [-0.2, -0.15) is 0 Å². The third kappa shape index (κ3) is 4.01. The standard InChI is InChI=1S/C18H17FN2O6S/c1-9(22)27-7-11-8-28-17-14(16(24)21(17)15(11)18(25)26)20-13(23)6-10-2-4-12(19)5-3-10/h2-5,14,17H,6-8H2,1H3,(H,20,23)(H,25,26)/t14-,17-/m1/s1. The number of β-lactam (4-membered cyclic amide) rings is 1. The minimum absolute atomic E-state index is 0.0270. The van der Waals surface area contributed by atoms with Gasteiger partial charge in [-0.05, 0) is 17.7 Å². The molecule has 2 aliphatic rings. The Balaban J connectivity index is 1.67. The van der Waals surface area contributed by atoms with Crippen molar-refractivity contribution in [1.29, 1.82) is 0 Å². The van der Waals surface area contributed by atoms with Crippen LogP contribution in [0.5, 0.6) is 0 Å². The third-order valence-corrected chi connectivity index (χ3v) is 5.63. The third-order valence-electron chi connectivity index (χ3n) is 4.29. The first-order valence-corrected chi connectivity index (χ1v) is 9.40. The summed E-state index contributed by atoms with van der Waals surface area (Å²) in [6, 6.07) is 4.59. The number of carbonyl (C=O) groups is 4. The minimum atomic E-state index is -1.29. The van der Waals surface area contributed by atoms with Gasteiger partial charge in [0.2, 0.25) is 5.91 Å². The first-order valence-electron chi connectivity index (χ1n) is 8.35. The second-order valence-corrected chi connectivity index (χ2v) is 7.40. The average molecular weight is 408 g/mol. The fourth-order valence-electron chi connectivity index (χ4n) is 3.00. The lowest BCUT2D eigenvalue weighted by atomic mass is 10.0. The number of ether oxygens (including phenoxy) is 1. The Labute approximate surface area is 163 Å². The number of nitrogens with one attached hydrogen (secondary N) is 1. The molecule has 2 aliphatic heterocycles. The summed E-state index contributed by atoms with van der Waals surface area (Å²) >= 11 is 1.28. The fraction of sp³-hybridized carbons (Fsp3) is 0.333. The summed E-state index contributed by atoms with van der Waals surface area (Å²) in [5.41, 5.74) is 0.709. The molecule has 0 unspecified atom stereocenters. The Morgan fingerprint density at radius 3 is 2.61 bits per heavy atom. The van der Waals surface area contributed by atoms with Crippen molar-refractivity contribution in [2.45, 2.75) is 24.8 Å². The van der Waals surface area contributed by atoms with E-state index in [0.29, 0.717) is 11.1 Å². The van der Waals surface area contributed by atoms with Crippen LogP contribution >= 0.6 is 11.8 Å². The van der Waals surface area contributed by atoms with Crippen LogP contribution in [0.4, 0.5) is 4.39 Å². The van der Waals surface area contributed by atoms with E-state index in [1.165, 1.54) is 43.0 Å². The maximum atomic E-state index is 12.9. The lowest BCUT2D eigenvalue weighted by molar-refractivity contribution is -0.151. The number of amides is 2. The number of carbonyl (C=O) groups excluding carboxylic acids is 3. The number of hydrogen-bond acceptors (Lipinski definition) is 6. The summed E-state index contributed by atoms with van der Waals surface area (Å²) < 4.78 is 17.8. The minimum Gasteiger partial charge on any atom is -0.477 e. The van der Waals surface area contributed by atoms with Crippen molar-refractivity contribution in [3.05, 3.63) is 46.9 Å². The molecule has 0 bridgehead atoms. The van der Waals surface area contributed by atoms with Crippen LogP contribution in [-0.2, 0) is 30.3 Å². The van der Waals surface area contributed by atoms with Gasteiger partial charge in [0.05, 0.1) is 6.42 Å². The molecule has 1 aromatic rings. The Bertz CT molecular complexity index is 869. The number of carboxylic acids is 1. The predicted molar refractivity (Wildman–Crippen MR) is 96.4 cm³/mol. The number of nitrogens with zero attached hydrogens (tertiary/aromatic N) is 1. The first-order chi connectivity index (χ1) is 13.3. The van der Waals surface area contributed by atoms with Crippen molar-refractivity contribution in [2.75, 3.05) is 12.4 Å². The molecule has 0 aliphatic carbocycles. The molecule has 0 saturated carbocycles. The summed E-state index contributed by atoms with van der Waals surface area (Å²) in [5, 5.41) is 11.5. The Kier molecular flexibility index (Phi) is 5.68. The van der Waals surface area contributed by atoms with Crippen molar-refractivity contribution < 1.29 is 33.4 Å². The van der Waals surface area contributed by atoms with Crippen LogP contribution in [0.3, 0.4) is 0 Å². The summed E-state index contributed by atoms with van der Waals surface area (Å²) in [4.78, 5) is 48.4. The Morgan fingerprint density at radius 1 is 1.32 bits per heavy atom. The summed E-state index contributed by atoms with van der Waals surface area (Å²) in [6.07, 6.45) is -0.0270. The van der Waals surface area contributed by atoms with Crippen LogP contribution in [0.15, 0.2) is 35.5 Å². The molecule has 8 nitrogen and oxygen atoms in total. The Morgan fingerprint density at radius 2 is 2.00 bits per heavy atom. The fourth-order valence-corrected chi connectivity index (χ4v) is 4.32. The number of carboxylic acid groups (broad SMARTS) is 1. The van der Waals surface area contributed by atoms with Crippen molar-refractivity contribution in [1.82, 2.24) is 10.2 Å². The maximum absolute atomic E-state index is 12.9. The van der Waals surface area contributed by atoms with E-state index in [4.69, 9.17) is 4.74 Å². The molecule has 2 N–H and O–H groups in total. The van der Waals surface area contributed by atoms with Crippen molar-refractivity contribution >= 4 is 35.5 Å². The highest BCUT2D eigenvalue weighted by Gasteiger charge is 2.54. The number of rotatable bonds is 6. The van der Waals surface area contributed by atoms with E-state index in [1.807, 2.05) is 0 Å². The molecule has 2 atom stereocenters. The van der Waals surface area contributed by atoms with E-state index in [1.54, 1.807) is 0 Å². The zero-order valence-corrected chi connectivity index (χ0v) is 15.6.